The van der Waals surface area contributed by atoms with Crippen molar-refractivity contribution in [2.24, 2.45) is 0 Å². The van der Waals surface area contributed by atoms with E-state index in [1.807, 2.05) is 32.0 Å². The Hall–Kier alpha value is -2.89. The molecular formula is C21H24FN3O2. The number of carbonyl (C=O) groups excluding carboxylic acids is 2. The zero-order valence-electron chi connectivity index (χ0n) is 15.7. The standard InChI is InChI=1S/C21H24FN3O2/c1-3-16-6-4-5-15(2)19(16)23-20(26)21(27)25-13-11-24(12-14-25)18-9-7-17(22)8-10-18/h4-10H,3,11-14H2,1-2H3,(H,23,26). The van der Waals surface area contributed by atoms with Crippen molar-refractivity contribution in [2.45, 2.75) is 20.3 Å². The van der Waals surface area contributed by atoms with Crippen molar-refractivity contribution in [3.05, 3.63) is 59.4 Å². The van der Waals surface area contributed by atoms with Crippen molar-refractivity contribution in [2.75, 3.05) is 36.4 Å². The molecule has 1 aliphatic heterocycles. The monoisotopic (exact) mass is 369 g/mol. The normalized spacial score (nSPS) is 14.2. The molecular weight excluding hydrogens is 345 g/mol. The van der Waals surface area contributed by atoms with Crippen LogP contribution in [0.4, 0.5) is 15.8 Å². The first kappa shape index (κ1) is 18.9. The fourth-order valence-electron chi connectivity index (χ4n) is 3.33. The molecule has 0 unspecified atom stereocenters. The molecule has 6 heteroatoms. The summed E-state index contributed by atoms with van der Waals surface area (Å²) in [6.45, 7) is 6.06. The molecule has 0 saturated carbocycles. The van der Waals surface area contributed by atoms with Crippen molar-refractivity contribution in [3.63, 3.8) is 0 Å². The zero-order valence-corrected chi connectivity index (χ0v) is 15.7. The zero-order chi connectivity index (χ0) is 19.4. The highest BCUT2D eigenvalue weighted by Crippen LogP contribution is 2.21. The van der Waals surface area contributed by atoms with Gasteiger partial charge in [-0.05, 0) is 48.7 Å². The first-order chi connectivity index (χ1) is 13.0. The summed E-state index contributed by atoms with van der Waals surface area (Å²) in [5.74, 6) is -1.39. The number of benzene rings is 2. The fraction of sp³-hybridized carbons (Fsp3) is 0.333. The average molecular weight is 369 g/mol. The highest BCUT2D eigenvalue weighted by Gasteiger charge is 2.26. The average Bonchev–Trinajstić information content (AvgIpc) is 2.69. The van der Waals surface area contributed by atoms with Gasteiger partial charge in [0.1, 0.15) is 5.82 Å². The molecule has 0 radical (unpaired) electrons. The predicted octanol–water partition coefficient (Wildman–Crippen LogP) is 2.98. The van der Waals surface area contributed by atoms with Crippen LogP contribution in [0.2, 0.25) is 0 Å². The van der Waals surface area contributed by atoms with E-state index >= 15 is 0 Å². The molecule has 1 saturated heterocycles. The Labute approximate surface area is 158 Å². The highest BCUT2D eigenvalue weighted by atomic mass is 19.1. The molecule has 0 bridgehead atoms. The molecule has 27 heavy (non-hydrogen) atoms. The number of hydrogen-bond acceptors (Lipinski definition) is 3. The number of halogens is 1. The minimum Gasteiger partial charge on any atom is -0.368 e. The fourth-order valence-corrected chi connectivity index (χ4v) is 3.33. The van der Waals surface area contributed by atoms with Gasteiger partial charge in [-0.1, -0.05) is 25.1 Å². The van der Waals surface area contributed by atoms with E-state index in [0.717, 1.165) is 28.9 Å². The van der Waals surface area contributed by atoms with E-state index in [-0.39, 0.29) is 5.82 Å². The van der Waals surface area contributed by atoms with Gasteiger partial charge in [-0.2, -0.15) is 0 Å². The van der Waals surface area contributed by atoms with Crippen LogP contribution in [0.25, 0.3) is 0 Å². The molecule has 142 valence electrons. The predicted molar refractivity (Wildman–Crippen MR) is 104 cm³/mol. The minimum absolute atomic E-state index is 0.271. The molecule has 1 heterocycles. The van der Waals surface area contributed by atoms with E-state index < -0.39 is 11.8 Å². The highest BCUT2D eigenvalue weighted by molar-refractivity contribution is 6.39. The number of hydrogen-bond donors (Lipinski definition) is 1. The van der Waals surface area contributed by atoms with E-state index in [1.165, 1.54) is 12.1 Å². The van der Waals surface area contributed by atoms with Crippen LogP contribution in [0.3, 0.4) is 0 Å². The summed E-state index contributed by atoms with van der Waals surface area (Å²) in [5, 5.41) is 2.79. The number of nitrogens with one attached hydrogen (secondary N) is 1. The molecule has 2 amide bonds. The molecule has 1 fully saturated rings. The van der Waals surface area contributed by atoms with E-state index in [2.05, 4.69) is 10.2 Å². The summed E-state index contributed by atoms with van der Waals surface area (Å²) in [6, 6.07) is 12.1. The number of nitrogens with zero attached hydrogens (tertiary/aromatic N) is 2. The van der Waals surface area contributed by atoms with Crippen molar-refractivity contribution in [3.8, 4) is 0 Å². The van der Waals surface area contributed by atoms with Gasteiger partial charge in [0.2, 0.25) is 0 Å². The van der Waals surface area contributed by atoms with Gasteiger partial charge in [-0.3, -0.25) is 9.59 Å². The van der Waals surface area contributed by atoms with Gasteiger partial charge >= 0.3 is 11.8 Å². The van der Waals surface area contributed by atoms with E-state index in [1.54, 1.807) is 17.0 Å². The van der Waals surface area contributed by atoms with Crippen LogP contribution in [0.5, 0.6) is 0 Å². The summed E-state index contributed by atoms with van der Waals surface area (Å²) in [7, 11) is 0. The van der Waals surface area contributed by atoms with Crippen molar-refractivity contribution >= 4 is 23.2 Å². The van der Waals surface area contributed by atoms with Crippen molar-refractivity contribution in [1.29, 1.82) is 0 Å². The quantitative estimate of drug-likeness (QED) is 0.847. The Morgan fingerprint density at radius 1 is 1.04 bits per heavy atom. The van der Waals surface area contributed by atoms with Gasteiger partial charge < -0.3 is 15.1 Å². The van der Waals surface area contributed by atoms with Crippen LogP contribution < -0.4 is 10.2 Å². The van der Waals surface area contributed by atoms with Gasteiger partial charge in [0, 0.05) is 37.6 Å². The smallest absolute Gasteiger partial charge is 0.313 e. The summed E-state index contributed by atoms with van der Waals surface area (Å²) in [5.41, 5.74) is 3.60. The number of para-hydroxylation sites is 1. The van der Waals surface area contributed by atoms with Gasteiger partial charge in [-0.15, -0.1) is 0 Å². The van der Waals surface area contributed by atoms with Crippen LogP contribution in [0.15, 0.2) is 42.5 Å². The summed E-state index contributed by atoms with van der Waals surface area (Å²) < 4.78 is 13.1. The molecule has 2 aromatic rings. The number of carbonyl (C=O) groups is 2. The Bertz CT molecular complexity index is 828. The third-order valence-electron chi connectivity index (χ3n) is 4.93. The van der Waals surface area contributed by atoms with E-state index in [9.17, 15) is 14.0 Å². The topological polar surface area (TPSA) is 52.7 Å². The lowest BCUT2D eigenvalue weighted by Gasteiger charge is -2.35. The SMILES string of the molecule is CCc1cccc(C)c1NC(=O)C(=O)N1CCN(c2ccc(F)cc2)CC1. The summed E-state index contributed by atoms with van der Waals surface area (Å²) in [6.07, 6.45) is 0.780. The maximum atomic E-state index is 13.1. The second-order valence-corrected chi connectivity index (χ2v) is 6.67. The number of rotatable bonds is 3. The number of amides is 2. The molecule has 5 nitrogen and oxygen atoms in total. The number of anilines is 2. The third kappa shape index (κ3) is 4.27. The van der Waals surface area contributed by atoms with Crippen LogP contribution >= 0.6 is 0 Å². The van der Waals surface area contributed by atoms with Crippen LogP contribution in [0, 0.1) is 12.7 Å². The van der Waals surface area contributed by atoms with Crippen LogP contribution in [-0.4, -0.2) is 42.9 Å². The molecule has 0 spiro atoms. The lowest BCUT2D eigenvalue weighted by molar-refractivity contribution is -0.143. The third-order valence-corrected chi connectivity index (χ3v) is 4.93. The first-order valence-electron chi connectivity index (χ1n) is 9.19. The lowest BCUT2D eigenvalue weighted by atomic mass is 10.1. The van der Waals surface area contributed by atoms with Crippen LogP contribution in [-0.2, 0) is 16.0 Å². The Morgan fingerprint density at radius 2 is 1.70 bits per heavy atom. The van der Waals surface area contributed by atoms with Gasteiger partial charge in [0.05, 0.1) is 0 Å². The molecule has 3 rings (SSSR count). The van der Waals surface area contributed by atoms with E-state index in [0.29, 0.717) is 26.2 Å². The maximum absolute atomic E-state index is 13.1. The summed E-state index contributed by atoms with van der Waals surface area (Å²) >= 11 is 0. The Morgan fingerprint density at radius 3 is 2.33 bits per heavy atom. The molecule has 1 N–H and O–H groups in total. The van der Waals surface area contributed by atoms with Gasteiger partial charge in [0.15, 0.2) is 0 Å². The number of aryl methyl sites for hydroxylation is 2. The molecule has 0 atom stereocenters. The van der Waals surface area contributed by atoms with Crippen molar-refractivity contribution in [1.82, 2.24) is 4.90 Å². The van der Waals surface area contributed by atoms with Crippen molar-refractivity contribution < 1.29 is 14.0 Å². The van der Waals surface area contributed by atoms with E-state index in [4.69, 9.17) is 0 Å². The second kappa shape index (κ2) is 8.20. The number of piperazine rings is 1. The second-order valence-electron chi connectivity index (χ2n) is 6.67. The summed E-state index contributed by atoms with van der Waals surface area (Å²) in [4.78, 5) is 28.7. The molecule has 0 aromatic heterocycles. The first-order valence-corrected chi connectivity index (χ1v) is 9.19. The maximum Gasteiger partial charge on any atom is 0.313 e. The Balaban J connectivity index is 1.61. The molecule has 2 aromatic carbocycles. The van der Waals surface area contributed by atoms with Gasteiger partial charge in [-0.25, -0.2) is 4.39 Å². The molecule has 0 aliphatic carbocycles. The van der Waals surface area contributed by atoms with Gasteiger partial charge in [0.25, 0.3) is 0 Å². The Kier molecular flexibility index (Phi) is 5.74. The lowest BCUT2D eigenvalue weighted by Crippen LogP contribution is -2.51. The van der Waals surface area contributed by atoms with Crippen LogP contribution in [0.1, 0.15) is 18.1 Å². The minimum atomic E-state index is -0.603. The largest absolute Gasteiger partial charge is 0.368 e. The molecule has 1 aliphatic rings.